The van der Waals surface area contributed by atoms with E-state index in [1.165, 1.54) is 0 Å². The number of hydrogen-bond acceptors (Lipinski definition) is 2. The van der Waals surface area contributed by atoms with Gasteiger partial charge in [-0.15, -0.1) is 0 Å². The minimum atomic E-state index is -0.311. The molecule has 10 heavy (non-hydrogen) atoms. The molecular formula is C7H15O2P. The Balaban J connectivity index is 3.60. The lowest BCUT2D eigenvalue weighted by molar-refractivity contribution is 0.337. The van der Waals surface area contributed by atoms with E-state index in [2.05, 4.69) is 6.92 Å². The van der Waals surface area contributed by atoms with Gasteiger partial charge in [0.1, 0.15) is 0 Å². The van der Waals surface area contributed by atoms with Crippen LogP contribution in [-0.2, 0) is 0 Å². The minimum absolute atomic E-state index is 0.127. The highest BCUT2D eigenvalue weighted by atomic mass is 31.1. The van der Waals surface area contributed by atoms with Gasteiger partial charge in [0, 0.05) is 0 Å². The van der Waals surface area contributed by atoms with Crippen LogP contribution in [-0.4, -0.2) is 35.4 Å². The molecule has 0 rings (SSSR count). The quantitative estimate of drug-likeness (QED) is 0.464. The molecule has 1 atom stereocenters. The van der Waals surface area contributed by atoms with Crippen LogP contribution >= 0.6 is 7.55 Å². The maximum Gasteiger partial charge on any atom is 0.0973 e. The summed E-state index contributed by atoms with van der Waals surface area (Å²) in [7, 11) is -0.311. The highest BCUT2D eigenvalue weighted by Crippen LogP contribution is 2.25. The molecule has 0 aliphatic rings. The largest absolute Gasteiger partial charge is 0.425 e. The first-order valence-electron chi connectivity index (χ1n) is 3.49. The summed E-state index contributed by atoms with van der Waals surface area (Å²) < 4.78 is 0. The highest BCUT2D eigenvalue weighted by molar-refractivity contribution is 7.59. The summed E-state index contributed by atoms with van der Waals surface area (Å²) in [6.45, 7) is 2.36. The Morgan fingerprint density at radius 1 is 1.50 bits per heavy atom. The molecule has 0 amide bonds. The average Bonchev–Trinajstić information content (AvgIpc) is 1.90. The van der Waals surface area contributed by atoms with Crippen LogP contribution in [0.4, 0.5) is 0 Å². The van der Waals surface area contributed by atoms with Crippen molar-refractivity contribution in [1.29, 1.82) is 0 Å². The van der Waals surface area contributed by atoms with Gasteiger partial charge in [0.2, 0.25) is 0 Å². The maximum atomic E-state index is 8.55. The number of aliphatic hydroxyl groups is 2. The molecule has 0 spiro atoms. The van der Waals surface area contributed by atoms with Crippen molar-refractivity contribution in [2.75, 3.05) is 19.4 Å². The first kappa shape index (κ1) is 10.1. The smallest absolute Gasteiger partial charge is 0.0973 e. The molecule has 1 unspecified atom stereocenters. The van der Waals surface area contributed by atoms with Crippen LogP contribution in [0.3, 0.4) is 0 Å². The van der Waals surface area contributed by atoms with Crippen molar-refractivity contribution in [2.24, 2.45) is 0 Å². The second kappa shape index (κ2) is 7.20. The molecule has 2 nitrogen and oxygen atoms in total. The lowest BCUT2D eigenvalue weighted by atomic mass is 10.6. The van der Waals surface area contributed by atoms with Crippen LogP contribution in [0.2, 0.25) is 0 Å². The monoisotopic (exact) mass is 162 g/mol. The third kappa shape index (κ3) is 4.92. The van der Waals surface area contributed by atoms with E-state index in [1.54, 1.807) is 0 Å². The molecule has 0 aromatic heterocycles. The van der Waals surface area contributed by atoms with Crippen LogP contribution in [0.15, 0.2) is 0 Å². The zero-order valence-corrected chi connectivity index (χ0v) is 7.22. The molecule has 0 aliphatic carbocycles. The van der Waals surface area contributed by atoms with Gasteiger partial charge in [-0.25, -0.2) is 0 Å². The van der Waals surface area contributed by atoms with E-state index >= 15 is 0 Å². The fourth-order valence-electron chi connectivity index (χ4n) is 0.725. The Hall–Kier alpha value is 0.0900. The molecule has 0 saturated carbocycles. The molecule has 0 aromatic carbocycles. The normalized spacial score (nSPS) is 12.1. The van der Waals surface area contributed by atoms with Gasteiger partial charge >= 0.3 is 0 Å². The second-order valence-corrected chi connectivity index (χ2v) is 4.17. The predicted octanol–water partition coefficient (Wildman–Crippen LogP) is 0.827. The molecule has 0 saturated heterocycles. The van der Waals surface area contributed by atoms with Crippen molar-refractivity contribution in [1.82, 2.24) is 0 Å². The van der Waals surface area contributed by atoms with Gasteiger partial charge in [-0.1, -0.05) is 20.6 Å². The molecule has 2 N–H and O–H groups in total. The van der Waals surface area contributed by atoms with Crippen LogP contribution in [0.5, 0.6) is 0 Å². The zero-order valence-electron chi connectivity index (χ0n) is 6.32. The Bertz CT molecular complexity index is 93.8. The second-order valence-electron chi connectivity index (χ2n) is 1.97. The van der Waals surface area contributed by atoms with Crippen LogP contribution in [0.1, 0.15) is 13.3 Å². The Morgan fingerprint density at radius 2 is 2.20 bits per heavy atom. The molecule has 0 aliphatic heterocycles. The van der Waals surface area contributed by atoms with Crippen molar-refractivity contribution in [3.05, 3.63) is 6.16 Å². The summed E-state index contributed by atoms with van der Waals surface area (Å²) in [4.78, 5) is 0. The predicted molar refractivity (Wildman–Crippen MR) is 46.6 cm³/mol. The number of rotatable bonds is 5. The fourth-order valence-corrected chi connectivity index (χ4v) is 2.18. The van der Waals surface area contributed by atoms with Crippen molar-refractivity contribution in [2.45, 2.75) is 13.3 Å². The molecule has 0 bridgehead atoms. The van der Waals surface area contributed by atoms with Crippen LogP contribution in [0, 0.1) is 6.16 Å². The SMILES string of the molecule is CCC/[P+](=C\CO)[CH-]CO. The van der Waals surface area contributed by atoms with E-state index in [9.17, 15) is 0 Å². The van der Waals surface area contributed by atoms with Gasteiger partial charge in [-0.3, -0.25) is 0 Å². The number of aliphatic hydroxyl groups excluding tert-OH is 2. The van der Waals surface area contributed by atoms with Gasteiger partial charge in [-0.05, 0) is 13.0 Å². The first-order valence-corrected chi connectivity index (χ1v) is 5.15. The summed E-state index contributed by atoms with van der Waals surface area (Å²) in [5.74, 6) is 1.87. The highest BCUT2D eigenvalue weighted by Gasteiger charge is 1.95. The standard InChI is InChI=1S/C7H15O2P/c1-2-5-10(6-3-8)7-4-9/h6-9H,2-5H2,1H3. The molecule has 0 heterocycles. The summed E-state index contributed by atoms with van der Waals surface area (Å²) in [5.41, 5.74) is 0. The van der Waals surface area contributed by atoms with E-state index in [0.29, 0.717) is 0 Å². The average molecular weight is 162 g/mol. The van der Waals surface area contributed by atoms with E-state index in [1.807, 2.05) is 12.0 Å². The summed E-state index contributed by atoms with van der Waals surface area (Å²) in [5, 5.41) is 17.1. The molecule has 0 fully saturated rings. The lowest BCUT2D eigenvalue weighted by Crippen LogP contribution is -1.88. The van der Waals surface area contributed by atoms with Crippen molar-refractivity contribution in [3.8, 4) is 0 Å². The Kier molecular flexibility index (Phi) is 7.26. The third-order valence-electron chi connectivity index (χ3n) is 1.11. The maximum absolute atomic E-state index is 8.55. The van der Waals surface area contributed by atoms with Gasteiger partial charge in [-0.2, -0.15) is 0 Å². The summed E-state index contributed by atoms with van der Waals surface area (Å²) in [6.07, 6.45) is 4.06. The molecule has 0 aromatic rings. The molecular weight excluding hydrogens is 147 g/mol. The van der Waals surface area contributed by atoms with E-state index in [-0.39, 0.29) is 20.8 Å². The van der Waals surface area contributed by atoms with Gasteiger partial charge < -0.3 is 10.2 Å². The van der Waals surface area contributed by atoms with E-state index in [0.717, 1.165) is 12.6 Å². The topological polar surface area (TPSA) is 40.5 Å². The van der Waals surface area contributed by atoms with E-state index in [4.69, 9.17) is 10.2 Å². The summed E-state index contributed by atoms with van der Waals surface area (Å²) >= 11 is 0. The van der Waals surface area contributed by atoms with Gasteiger partial charge in [0.15, 0.2) is 0 Å². The van der Waals surface area contributed by atoms with Crippen molar-refractivity contribution < 1.29 is 10.2 Å². The zero-order chi connectivity index (χ0) is 7.82. The van der Waals surface area contributed by atoms with Crippen LogP contribution in [0.25, 0.3) is 0 Å². The number of hydrogen-bond donors (Lipinski definition) is 2. The molecule has 60 valence electrons. The van der Waals surface area contributed by atoms with Gasteiger partial charge in [0.25, 0.3) is 0 Å². The third-order valence-corrected chi connectivity index (χ3v) is 3.34. The summed E-state index contributed by atoms with van der Waals surface area (Å²) in [6, 6.07) is 0. The first-order chi connectivity index (χ1) is 4.85. The minimum Gasteiger partial charge on any atom is -0.425 e. The van der Waals surface area contributed by atoms with E-state index < -0.39 is 0 Å². The molecule has 0 radical (unpaired) electrons. The fraction of sp³-hybridized carbons (Fsp3) is 0.714. The van der Waals surface area contributed by atoms with Crippen molar-refractivity contribution >= 4 is 13.3 Å². The Morgan fingerprint density at radius 3 is 2.60 bits per heavy atom. The van der Waals surface area contributed by atoms with Crippen molar-refractivity contribution in [3.63, 3.8) is 0 Å². The Labute approximate surface area is 63.3 Å². The van der Waals surface area contributed by atoms with Crippen LogP contribution < -0.4 is 0 Å². The van der Waals surface area contributed by atoms with Gasteiger partial charge in [0.05, 0.1) is 18.6 Å². The molecule has 3 heteroatoms. The lowest BCUT2D eigenvalue weighted by Gasteiger charge is -2.00.